The van der Waals surface area contributed by atoms with E-state index in [1.807, 2.05) is 20.1 Å². The third kappa shape index (κ3) is 10.9. The topological polar surface area (TPSA) is 171 Å². The molecule has 0 aromatic heterocycles. The van der Waals surface area contributed by atoms with Gasteiger partial charge in [0.25, 0.3) is 0 Å². The molecule has 0 bridgehead atoms. The van der Waals surface area contributed by atoms with E-state index in [-0.39, 0.29) is 24.0 Å². The lowest BCUT2D eigenvalue weighted by atomic mass is 10.0. The molecule has 0 heterocycles. The molecule has 36 heavy (non-hydrogen) atoms. The van der Waals surface area contributed by atoms with Gasteiger partial charge < -0.3 is 31.9 Å². The SMILES string of the molecule is CSCCC(NC(=O)C(N)CC(C)C)C(=O)NC(C(=O)NC(Cc1ccc(O)cc1)C(=O)O)C(C)C. The Kier molecular flexibility index (Phi) is 13.3. The smallest absolute Gasteiger partial charge is 0.326 e. The van der Waals surface area contributed by atoms with Gasteiger partial charge in [-0.15, -0.1) is 0 Å². The number of aromatic hydroxyl groups is 1. The quantitative estimate of drug-likeness (QED) is 0.199. The molecule has 10 nitrogen and oxygen atoms in total. The predicted molar refractivity (Wildman–Crippen MR) is 141 cm³/mol. The fourth-order valence-corrected chi connectivity index (χ4v) is 3.99. The molecule has 0 aliphatic carbocycles. The minimum Gasteiger partial charge on any atom is -0.508 e. The average Bonchev–Trinajstić information content (AvgIpc) is 2.79. The fourth-order valence-electron chi connectivity index (χ4n) is 3.52. The number of carbonyl (C=O) groups is 4. The van der Waals surface area contributed by atoms with Crippen LogP contribution in [-0.2, 0) is 25.6 Å². The Morgan fingerprint density at radius 2 is 1.50 bits per heavy atom. The van der Waals surface area contributed by atoms with Gasteiger partial charge in [-0.25, -0.2) is 4.79 Å². The van der Waals surface area contributed by atoms with Crippen molar-refractivity contribution >= 4 is 35.5 Å². The molecule has 202 valence electrons. The maximum absolute atomic E-state index is 13.1. The first-order valence-corrected chi connectivity index (χ1v) is 13.4. The summed E-state index contributed by atoms with van der Waals surface area (Å²) in [5.74, 6) is -2.33. The zero-order valence-corrected chi connectivity index (χ0v) is 22.4. The lowest BCUT2D eigenvalue weighted by Gasteiger charge is -2.27. The highest BCUT2D eigenvalue weighted by Gasteiger charge is 2.32. The van der Waals surface area contributed by atoms with Gasteiger partial charge in [-0.3, -0.25) is 14.4 Å². The summed E-state index contributed by atoms with van der Waals surface area (Å²) in [7, 11) is 0. The molecule has 0 spiro atoms. The van der Waals surface area contributed by atoms with Crippen LogP contribution in [0.4, 0.5) is 0 Å². The van der Waals surface area contributed by atoms with Crippen LogP contribution < -0.4 is 21.7 Å². The molecule has 0 saturated heterocycles. The monoisotopic (exact) mass is 524 g/mol. The molecule has 0 saturated carbocycles. The highest BCUT2D eigenvalue weighted by molar-refractivity contribution is 7.98. The molecule has 11 heteroatoms. The van der Waals surface area contributed by atoms with Crippen LogP contribution in [0.1, 0.15) is 46.1 Å². The minimum atomic E-state index is -1.23. The first kappa shape index (κ1) is 31.2. The van der Waals surface area contributed by atoms with Crippen LogP contribution in [0.2, 0.25) is 0 Å². The largest absolute Gasteiger partial charge is 0.508 e. The van der Waals surface area contributed by atoms with E-state index in [1.165, 1.54) is 23.9 Å². The van der Waals surface area contributed by atoms with Gasteiger partial charge >= 0.3 is 5.97 Å². The van der Waals surface area contributed by atoms with Crippen LogP contribution in [0, 0.1) is 11.8 Å². The van der Waals surface area contributed by atoms with Gasteiger partial charge in [-0.1, -0.05) is 39.8 Å². The lowest BCUT2D eigenvalue weighted by Crippen LogP contribution is -2.58. The van der Waals surface area contributed by atoms with Crippen molar-refractivity contribution in [2.75, 3.05) is 12.0 Å². The Morgan fingerprint density at radius 1 is 0.917 bits per heavy atom. The molecule has 1 aromatic rings. The first-order chi connectivity index (χ1) is 16.8. The Balaban J connectivity index is 2.94. The number of rotatable bonds is 15. The van der Waals surface area contributed by atoms with Crippen LogP contribution in [0.15, 0.2) is 24.3 Å². The maximum atomic E-state index is 13.1. The second-order valence-electron chi connectivity index (χ2n) is 9.58. The summed E-state index contributed by atoms with van der Waals surface area (Å²) in [5.41, 5.74) is 6.58. The Morgan fingerprint density at radius 3 is 2.00 bits per heavy atom. The number of benzene rings is 1. The predicted octanol–water partition coefficient (Wildman–Crippen LogP) is 1.26. The van der Waals surface area contributed by atoms with E-state index in [4.69, 9.17) is 5.73 Å². The van der Waals surface area contributed by atoms with Gasteiger partial charge in [0.15, 0.2) is 0 Å². The number of aliphatic carboxylic acids is 1. The number of thioether (sulfide) groups is 1. The second kappa shape index (κ2) is 15.4. The van der Waals surface area contributed by atoms with Crippen LogP contribution in [0.5, 0.6) is 5.75 Å². The van der Waals surface area contributed by atoms with Gasteiger partial charge in [0.2, 0.25) is 17.7 Å². The molecule has 4 unspecified atom stereocenters. The summed E-state index contributed by atoms with van der Waals surface area (Å²) >= 11 is 1.52. The zero-order valence-electron chi connectivity index (χ0n) is 21.6. The molecule has 0 aliphatic heterocycles. The van der Waals surface area contributed by atoms with E-state index in [1.54, 1.807) is 26.0 Å². The van der Waals surface area contributed by atoms with Crippen LogP contribution in [-0.4, -0.2) is 70.1 Å². The number of hydrogen-bond acceptors (Lipinski definition) is 7. The van der Waals surface area contributed by atoms with Crippen molar-refractivity contribution < 1.29 is 29.4 Å². The maximum Gasteiger partial charge on any atom is 0.326 e. The van der Waals surface area contributed by atoms with E-state index >= 15 is 0 Å². The van der Waals surface area contributed by atoms with Crippen molar-refractivity contribution in [3.63, 3.8) is 0 Å². The van der Waals surface area contributed by atoms with Crippen molar-refractivity contribution in [2.24, 2.45) is 17.6 Å². The number of carboxylic acids is 1. The first-order valence-electron chi connectivity index (χ1n) is 12.0. The standard InChI is InChI=1S/C25H40N4O6S/c1-14(2)12-18(26)22(31)27-19(10-11-36-5)23(32)29-21(15(3)4)24(33)28-20(25(34)35)13-16-6-8-17(30)9-7-16/h6-9,14-15,18-21,30H,10-13,26H2,1-5H3,(H,27,31)(H,28,33)(H,29,32)(H,34,35). The zero-order chi connectivity index (χ0) is 27.4. The van der Waals surface area contributed by atoms with Crippen molar-refractivity contribution in [2.45, 2.75) is 71.1 Å². The number of phenolic OH excluding ortho intramolecular Hbond substituents is 1. The molecule has 0 aliphatic rings. The van der Waals surface area contributed by atoms with Gasteiger partial charge in [0, 0.05) is 6.42 Å². The van der Waals surface area contributed by atoms with E-state index in [9.17, 15) is 29.4 Å². The third-order valence-corrected chi connectivity index (χ3v) is 6.19. The average molecular weight is 525 g/mol. The number of nitrogens with one attached hydrogen (secondary N) is 3. The lowest BCUT2D eigenvalue weighted by molar-refractivity contribution is -0.142. The summed E-state index contributed by atoms with van der Waals surface area (Å²) in [6.45, 7) is 7.36. The van der Waals surface area contributed by atoms with E-state index in [0.29, 0.717) is 24.2 Å². The fraction of sp³-hybridized carbons (Fsp3) is 0.600. The van der Waals surface area contributed by atoms with Crippen molar-refractivity contribution in [3.8, 4) is 5.75 Å². The van der Waals surface area contributed by atoms with Crippen LogP contribution >= 0.6 is 11.8 Å². The number of hydrogen-bond donors (Lipinski definition) is 6. The van der Waals surface area contributed by atoms with Gasteiger partial charge in [0.1, 0.15) is 23.9 Å². The summed E-state index contributed by atoms with van der Waals surface area (Å²) in [4.78, 5) is 50.5. The summed E-state index contributed by atoms with van der Waals surface area (Å²) in [6, 6.07) is 2.12. The normalized spacial score (nSPS) is 14.6. The van der Waals surface area contributed by atoms with Crippen molar-refractivity contribution in [1.82, 2.24) is 16.0 Å². The van der Waals surface area contributed by atoms with E-state index in [0.717, 1.165) is 0 Å². The van der Waals surface area contributed by atoms with E-state index < -0.39 is 47.9 Å². The highest BCUT2D eigenvalue weighted by Crippen LogP contribution is 2.13. The number of phenols is 1. The Bertz CT molecular complexity index is 878. The van der Waals surface area contributed by atoms with Gasteiger partial charge in [-0.05, 0) is 54.4 Å². The molecule has 0 fully saturated rings. The molecular weight excluding hydrogens is 484 g/mol. The van der Waals surface area contributed by atoms with Crippen LogP contribution in [0.3, 0.4) is 0 Å². The molecular formula is C25H40N4O6S. The molecule has 1 rings (SSSR count). The van der Waals surface area contributed by atoms with Crippen molar-refractivity contribution in [3.05, 3.63) is 29.8 Å². The van der Waals surface area contributed by atoms with Gasteiger partial charge in [0.05, 0.1) is 6.04 Å². The second-order valence-corrected chi connectivity index (χ2v) is 10.6. The number of carboxylic acid groups (broad SMARTS) is 1. The Labute approximate surface area is 217 Å². The molecule has 3 amide bonds. The summed E-state index contributed by atoms with van der Waals surface area (Å²) < 4.78 is 0. The summed E-state index contributed by atoms with van der Waals surface area (Å²) in [5, 5.41) is 26.9. The number of amides is 3. The van der Waals surface area contributed by atoms with Gasteiger partial charge in [-0.2, -0.15) is 11.8 Å². The van der Waals surface area contributed by atoms with Crippen molar-refractivity contribution in [1.29, 1.82) is 0 Å². The van der Waals surface area contributed by atoms with Crippen LogP contribution in [0.25, 0.3) is 0 Å². The highest BCUT2D eigenvalue weighted by atomic mass is 32.2. The molecule has 1 aromatic carbocycles. The number of nitrogens with two attached hydrogens (primary N) is 1. The number of carbonyl (C=O) groups excluding carboxylic acids is 3. The molecule has 0 radical (unpaired) electrons. The molecule has 4 atom stereocenters. The minimum absolute atomic E-state index is 0.000258. The van der Waals surface area contributed by atoms with E-state index in [2.05, 4.69) is 16.0 Å². The molecule has 7 N–H and O–H groups in total. The summed E-state index contributed by atoms with van der Waals surface area (Å²) in [6.07, 6.45) is 2.70. The Hall–Kier alpha value is -2.79. The third-order valence-electron chi connectivity index (χ3n) is 5.54.